The molecule has 0 saturated heterocycles. The van der Waals surface area contributed by atoms with Crippen molar-refractivity contribution in [2.24, 2.45) is 23.7 Å². The summed E-state index contributed by atoms with van der Waals surface area (Å²) >= 11 is 0. The Morgan fingerprint density at radius 3 is 2.19 bits per heavy atom. The van der Waals surface area contributed by atoms with Crippen molar-refractivity contribution in [3.63, 3.8) is 0 Å². The summed E-state index contributed by atoms with van der Waals surface area (Å²) in [5.74, 6) is 0.877. The van der Waals surface area contributed by atoms with Crippen LogP contribution in [0.15, 0.2) is 42.5 Å². The van der Waals surface area contributed by atoms with E-state index in [9.17, 15) is 14.7 Å². The van der Waals surface area contributed by atoms with Crippen LogP contribution in [0.5, 0.6) is 11.5 Å². The Hall–Kier alpha value is -4.05. The standard InChI is InChI=1S/C37H49N5O5/c1-22(2)28-20-27(38-13-8-14-41(3)4)11-12-30(28)42-31(34-32(46-5)9-7-10-33(34)47-6)21-29(40-42)35(43)39-37(36(44)45)25-16-23-15-24(18-25)19-26(37)17-23/h7,9-12,20-26,38H,8,13-19H2,1-6H3,(H,39,43)(H,44,45). The van der Waals surface area contributed by atoms with Crippen LogP contribution in [0.3, 0.4) is 0 Å². The molecule has 4 saturated carbocycles. The number of methoxy groups -OCH3 is 2. The summed E-state index contributed by atoms with van der Waals surface area (Å²) in [6.07, 6.45) is 5.61. The molecule has 1 aromatic heterocycles. The molecule has 4 fully saturated rings. The Morgan fingerprint density at radius 1 is 1.00 bits per heavy atom. The third-order valence-electron chi connectivity index (χ3n) is 10.7. The van der Waals surface area contributed by atoms with Gasteiger partial charge in [-0.15, -0.1) is 0 Å². The Balaban J connectivity index is 1.42. The van der Waals surface area contributed by atoms with Crippen molar-refractivity contribution in [1.82, 2.24) is 20.0 Å². The monoisotopic (exact) mass is 643 g/mol. The maximum atomic E-state index is 14.2. The predicted octanol–water partition coefficient (Wildman–Crippen LogP) is 6.05. The van der Waals surface area contributed by atoms with Crippen LogP contribution in [0.4, 0.5) is 5.69 Å². The highest BCUT2D eigenvalue weighted by Crippen LogP contribution is 2.58. The van der Waals surface area contributed by atoms with Gasteiger partial charge in [-0.3, -0.25) is 4.79 Å². The van der Waals surface area contributed by atoms with E-state index in [4.69, 9.17) is 14.6 Å². The van der Waals surface area contributed by atoms with E-state index in [0.717, 1.165) is 62.1 Å². The number of hydrogen-bond acceptors (Lipinski definition) is 7. The lowest BCUT2D eigenvalue weighted by atomic mass is 9.48. The molecule has 1 amide bonds. The summed E-state index contributed by atoms with van der Waals surface area (Å²) in [6.45, 7) is 6.12. The molecular weight excluding hydrogens is 594 g/mol. The molecule has 10 nitrogen and oxygen atoms in total. The van der Waals surface area contributed by atoms with Crippen molar-refractivity contribution in [3.8, 4) is 28.4 Å². The minimum absolute atomic E-state index is 0.0682. The van der Waals surface area contributed by atoms with Crippen LogP contribution in [0.2, 0.25) is 0 Å². The van der Waals surface area contributed by atoms with Crippen molar-refractivity contribution in [1.29, 1.82) is 0 Å². The first kappa shape index (κ1) is 32.9. The van der Waals surface area contributed by atoms with E-state index >= 15 is 0 Å². The molecule has 252 valence electrons. The van der Waals surface area contributed by atoms with Gasteiger partial charge in [0.05, 0.1) is 31.2 Å². The number of ether oxygens (including phenoxy) is 2. The van der Waals surface area contributed by atoms with E-state index in [-0.39, 0.29) is 23.4 Å². The van der Waals surface area contributed by atoms with Crippen LogP contribution in [-0.4, -0.2) is 78.6 Å². The van der Waals surface area contributed by atoms with Crippen LogP contribution in [0, 0.1) is 23.7 Å². The van der Waals surface area contributed by atoms with E-state index in [1.807, 2.05) is 30.3 Å². The number of carbonyl (C=O) groups excluding carboxylic acids is 1. The number of carboxylic acids is 1. The maximum Gasteiger partial charge on any atom is 0.330 e. The van der Waals surface area contributed by atoms with Crippen LogP contribution >= 0.6 is 0 Å². The fraction of sp³-hybridized carbons (Fsp3) is 0.541. The quantitative estimate of drug-likeness (QED) is 0.193. The minimum Gasteiger partial charge on any atom is -0.496 e. The highest BCUT2D eigenvalue weighted by atomic mass is 16.5. The number of nitrogens with one attached hydrogen (secondary N) is 2. The molecule has 0 atom stereocenters. The second kappa shape index (κ2) is 13.2. The van der Waals surface area contributed by atoms with Gasteiger partial charge in [0.15, 0.2) is 5.69 Å². The van der Waals surface area contributed by atoms with Gasteiger partial charge in [0.2, 0.25) is 0 Å². The Morgan fingerprint density at radius 2 is 1.64 bits per heavy atom. The summed E-state index contributed by atoms with van der Waals surface area (Å²) in [5, 5.41) is 22.2. The molecule has 4 bridgehead atoms. The number of amides is 1. The zero-order valence-corrected chi connectivity index (χ0v) is 28.5. The number of aliphatic carboxylic acids is 1. The normalized spacial score (nSPS) is 24.5. The summed E-state index contributed by atoms with van der Waals surface area (Å²) < 4.78 is 13.4. The minimum atomic E-state index is -1.28. The summed E-state index contributed by atoms with van der Waals surface area (Å²) in [5.41, 5.74) is 3.05. The lowest BCUT2D eigenvalue weighted by Crippen LogP contribution is -2.70. The lowest BCUT2D eigenvalue weighted by molar-refractivity contribution is -0.163. The molecule has 4 aliphatic carbocycles. The first-order chi connectivity index (χ1) is 22.5. The summed E-state index contributed by atoms with van der Waals surface area (Å²) in [4.78, 5) is 29.5. The Labute approximate surface area is 277 Å². The van der Waals surface area contributed by atoms with E-state index in [2.05, 4.69) is 49.5 Å². The van der Waals surface area contributed by atoms with Gasteiger partial charge in [-0.25, -0.2) is 9.48 Å². The zero-order valence-electron chi connectivity index (χ0n) is 28.5. The van der Waals surface area contributed by atoms with Crippen LogP contribution in [0.25, 0.3) is 16.9 Å². The number of carbonyl (C=O) groups is 2. The molecule has 1 heterocycles. The second-order valence-electron chi connectivity index (χ2n) is 14.3. The second-order valence-corrected chi connectivity index (χ2v) is 14.3. The third kappa shape index (κ3) is 6.08. The molecule has 3 N–H and O–H groups in total. The van der Waals surface area contributed by atoms with Gasteiger partial charge in [-0.1, -0.05) is 19.9 Å². The third-order valence-corrected chi connectivity index (χ3v) is 10.7. The van der Waals surface area contributed by atoms with Crippen LogP contribution in [-0.2, 0) is 4.79 Å². The first-order valence-corrected chi connectivity index (χ1v) is 17.0. The Kier molecular flexibility index (Phi) is 9.25. The predicted molar refractivity (Wildman–Crippen MR) is 183 cm³/mol. The number of hydrogen-bond donors (Lipinski definition) is 3. The van der Waals surface area contributed by atoms with Gasteiger partial charge >= 0.3 is 5.97 Å². The maximum absolute atomic E-state index is 14.2. The van der Waals surface area contributed by atoms with Crippen molar-refractivity contribution < 1.29 is 24.2 Å². The van der Waals surface area contributed by atoms with E-state index < -0.39 is 17.4 Å². The zero-order chi connectivity index (χ0) is 33.5. The molecule has 47 heavy (non-hydrogen) atoms. The molecular formula is C37H49N5O5. The first-order valence-electron chi connectivity index (χ1n) is 17.0. The van der Waals surface area contributed by atoms with Gasteiger partial charge in [-0.05, 0) is 131 Å². The van der Waals surface area contributed by atoms with Crippen molar-refractivity contribution in [2.75, 3.05) is 46.7 Å². The molecule has 7 rings (SSSR count). The molecule has 0 aliphatic heterocycles. The van der Waals surface area contributed by atoms with E-state index in [1.165, 1.54) is 6.42 Å². The van der Waals surface area contributed by atoms with E-state index in [1.54, 1.807) is 25.0 Å². The highest BCUT2D eigenvalue weighted by molar-refractivity contribution is 5.98. The van der Waals surface area contributed by atoms with Gasteiger partial charge < -0.3 is 30.1 Å². The van der Waals surface area contributed by atoms with Gasteiger partial charge in [0.1, 0.15) is 17.0 Å². The molecule has 10 heteroatoms. The number of carboxylic acid groups (broad SMARTS) is 1. The SMILES string of the molecule is COc1cccc(OC)c1-c1cc(C(=O)NC2(C(=O)O)C3CC4CC(C3)CC2C4)nn1-c1ccc(NCCCN(C)C)cc1C(C)C. The van der Waals surface area contributed by atoms with Crippen molar-refractivity contribution in [2.45, 2.75) is 63.8 Å². The highest BCUT2D eigenvalue weighted by Gasteiger charge is 2.62. The van der Waals surface area contributed by atoms with Crippen LogP contribution in [0.1, 0.15) is 74.3 Å². The van der Waals surface area contributed by atoms with Crippen molar-refractivity contribution >= 4 is 17.6 Å². The number of aromatic nitrogens is 2. The van der Waals surface area contributed by atoms with Crippen LogP contribution < -0.4 is 20.1 Å². The Bertz CT molecular complexity index is 1580. The fourth-order valence-corrected chi connectivity index (χ4v) is 8.69. The molecule has 3 aromatic rings. The molecule has 4 aliphatic rings. The van der Waals surface area contributed by atoms with Gasteiger partial charge in [-0.2, -0.15) is 5.10 Å². The van der Waals surface area contributed by atoms with Gasteiger partial charge in [0.25, 0.3) is 5.91 Å². The fourth-order valence-electron chi connectivity index (χ4n) is 8.69. The number of nitrogens with zero attached hydrogens (tertiary/aromatic N) is 3. The van der Waals surface area contributed by atoms with E-state index in [0.29, 0.717) is 34.6 Å². The number of benzene rings is 2. The molecule has 0 unspecified atom stereocenters. The average molecular weight is 644 g/mol. The topological polar surface area (TPSA) is 118 Å². The number of rotatable bonds is 13. The lowest BCUT2D eigenvalue weighted by Gasteiger charge is -2.59. The molecule has 0 radical (unpaired) electrons. The number of anilines is 1. The molecule has 0 spiro atoms. The largest absolute Gasteiger partial charge is 0.496 e. The smallest absolute Gasteiger partial charge is 0.330 e. The molecule has 2 aromatic carbocycles. The summed E-state index contributed by atoms with van der Waals surface area (Å²) in [6, 6.07) is 13.5. The summed E-state index contributed by atoms with van der Waals surface area (Å²) in [7, 11) is 7.35. The van der Waals surface area contributed by atoms with Gasteiger partial charge in [0, 0.05) is 12.2 Å². The average Bonchev–Trinajstić information content (AvgIpc) is 3.48. The van der Waals surface area contributed by atoms with Crippen molar-refractivity contribution in [3.05, 3.63) is 53.7 Å².